The molecular formula is C32H37F2NO3. The number of hydrogen-bond acceptors (Lipinski definition) is 3. The first kappa shape index (κ1) is 30.5. The minimum absolute atomic E-state index is 0.0249. The highest BCUT2D eigenvalue weighted by molar-refractivity contribution is 5.63. The molecule has 4 nitrogen and oxygen atoms in total. The standard InChI is InChI=1S/C23H23F2NO2.C7H8.C2H6O/c1-15(27)13-26-16(2)19(8-17-6-4-5-7-18(17)14-28-3)11-23(26)20-9-21(24)12-22(25)10-20;1-7-5-3-2-4-6-7;1-3-2/h4-7,9-12,27H,1,8,13-14H2,2-3H3;2-6H,1H3;1-2H3. The third kappa shape index (κ3) is 9.29. The molecule has 1 aromatic heterocycles. The second kappa shape index (κ2) is 15.5. The van der Waals surface area contributed by atoms with Crippen molar-refractivity contribution in [1.29, 1.82) is 0 Å². The highest BCUT2D eigenvalue weighted by atomic mass is 19.1. The highest BCUT2D eigenvalue weighted by Gasteiger charge is 2.17. The Balaban J connectivity index is 0.000000427. The van der Waals surface area contributed by atoms with Gasteiger partial charge in [0.15, 0.2) is 0 Å². The zero-order valence-corrected chi connectivity index (χ0v) is 22.8. The van der Waals surface area contributed by atoms with E-state index in [1.165, 1.54) is 17.7 Å². The van der Waals surface area contributed by atoms with Crippen molar-refractivity contribution in [2.75, 3.05) is 21.3 Å². The Morgan fingerprint density at radius 3 is 1.87 bits per heavy atom. The molecule has 1 heterocycles. The van der Waals surface area contributed by atoms with Crippen LogP contribution in [0.2, 0.25) is 0 Å². The maximum atomic E-state index is 13.8. The highest BCUT2D eigenvalue weighted by Crippen LogP contribution is 2.30. The number of aliphatic hydroxyl groups excluding tert-OH is 1. The summed E-state index contributed by atoms with van der Waals surface area (Å²) in [6, 6.07) is 23.6. The predicted octanol–water partition coefficient (Wildman–Crippen LogP) is 7.81. The van der Waals surface area contributed by atoms with Crippen LogP contribution in [0.3, 0.4) is 0 Å². The first-order valence-corrected chi connectivity index (χ1v) is 12.2. The molecule has 0 saturated heterocycles. The number of hydrogen-bond donors (Lipinski definition) is 1. The molecule has 0 aliphatic carbocycles. The van der Waals surface area contributed by atoms with Crippen LogP contribution in [0.25, 0.3) is 11.3 Å². The number of methoxy groups -OCH3 is 2. The lowest BCUT2D eigenvalue weighted by atomic mass is 10.00. The molecule has 0 aliphatic rings. The maximum Gasteiger partial charge on any atom is 0.126 e. The van der Waals surface area contributed by atoms with Crippen LogP contribution >= 0.6 is 0 Å². The molecule has 4 aromatic rings. The second-order valence-electron chi connectivity index (χ2n) is 8.89. The van der Waals surface area contributed by atoms with Gasteiger partial charge >= 0.3 is 0 Å². The summed E-state index contributed by atoms with van der Waals surface area (Å²) in [5.74, 6) is -1.31. The lowest BCUT2D eigenvalue weighted by molar-refractivity contribution is 0.184. The van der Waals surface area contributed by atoms with E-state index in [1.807, 2.05) is 60.0 Å². The Morgan fingerprint density at radius 2 is 1.37 bits per heavy atom. The Morgan fingerprint density at radius 1 is 0.816 bits per heavy atom. The van der Waals surface area contributed by atoms with Gasteiger partial charge in [-0.3, -0.25) is 0 Å². The number of ether oxygens (including phenoxy) is 2. The average Bonchev–Trinajstić information content (AvgIpc) is 3.16. The molecule has 0 unspecified atom stereocenters. The van der Waals surface area contributed by atoms with E-state index < -0.39 is 11.6 Å². The minimum atomic E-state index is -0.643. The quantitative estimate of drug-likeness (QED) is 0.252. The summed E-state index contributed by atoms with van der Waals surface area (Å²) < 4.78 is 38.9. The van der Waals surface area contributed by atoms with Gasteiger partial charge in [0, 0.05) is 44.3 Å². The van der Waals surface area contributed by atoms with E-state index in [0.29, 0.717) is 24.3 Å². The molecule has 38 heavy (non-hydrogen) atoms. The van der Waals surface area contributed by atoms with Crippen molar-refractivity contribution in [3.05, 3.63) is 131 Å². The van der Waals surface area contributed by atoms with Crippen LogP contribution in [0, 0.1) is 25.5 Å². The van der Waals surface area contributed by atoms with Crippen molar-refractivity contribution >= 4 is 0 Å². The van der Waals surface area contributed by atoms with Crippen LogP contribution < -0.4 is 0 Å². The lowest BCUT2D eigenvalue weighted by Gasteiger charge is -2.12. The van der Waals surface area contributed by atoms with E-state index in [9.17, 15) is 13.9 Å². The number of rotatable bonds is 7. The summed E-state index contributed by atoms with van der Waals surface area (Å²) in [5, 5.41) is 9.74. The fourth-order valence-electron chi connectivity index (χ4n) is 3.97. The zero-order chi connectivity index (χ0) is 28.1. The van der Waals surface area contributed by atoms with E-state index in [-0.39, 0.29) is 12.3 Å². The zero-order valence-electron chi connectivity index (χ0n) is 22.8. The fraction of sp³-hybridized carbons (Fsp3) is 0.250. The van der Waals surface area contributed by atoms with Crippen molar-refractivity contribution < 1.29 is 23.4 Å². The Labute approximate surface area is 224 Å². The molecule has 0 saturated carbocycles. The van der Waals surface area contributed by atoms with Gasteiger partial charge in [-0.05, 0) is 55.2 Å². The average molecular weight is 522 g/mol. The summed E-state index contributed by atoms with van der Waals surface area (Å²) in [6.45, 7) is 8.23. The molecule has 0 spiro atoms. The van der Waals surface area contributed by atoms with Gasteiger partial charge in [0.1, 0.15) is 17.4 Å². The van der Waals surface area contributed by atoms with Gasteiger partial charge in [0.05, 0.1) is 13.2 Å². The fourth-order valence-corrected chi connectivity index (χ4v) is 3.97. The first-order valence-electron chi connectivity index (χ1n) is 12.2. The first-order chi connectivity index (χ1) is 18.2. The SMILES string of the molecule is C=C(O)Cn1c(-c2cc(F)cc(F)c2)cc(Cc2ccccc2COC)c1C.COC.Cc1ccccc1. The van der Waals surface area contributed by atoms with E-state index in [4.69, 9.17) is 4.74 Å². The Hall–Kier alpha value is -3.74. The van der Waals surface area contributed by atoms with Crippen LogP contribution in [0.1, 0.15) is 27.9 Å². The van der Waals surface area contributed by atoms with Gasteiger partial charge in [-0.1, -0.05) is 66.7 Å². The van der Waals surface area contributed by atoms with Crippen molar-refractivity contribution in [1.82, 2.24) is 4.57 Å². The molecule has 0 amide bonds. The summed E-state index contributed by atoms with van der Waals surface area (Å²) in [7, 11) is 4.90. The Kier molecular flexibility index (Phi) is 12.4. The van der Waals surface area contributed by atoms with Crippen LogP contribution in [0.5, 0.6) is 0 Å². The third-order valence-electron chi connectivity index (χ3n) is 5.71. The molecule has 0 fully saturated rings. The summed E-state index contributed by atoms with van der Waals surface area (Å²) in [4.78, 5) is 0. The lowest BCUT2D eigenvalue weighted by Crippen LogP contribution is -2.05. The van der Waals surface area contributed by atoms with Gasteiger partial charge in [-0.2, -0.15) is 0 Å². The van der Waals surface area contributed by atoms with Crippen molar-refractivity contribution in [3.8, 4) is 11.3 Å². The summed E-state index contributed by atoms with van der Waals surface area (Å²) >= 11 is 0. The van der Waals surface area contributed by atoms with Gasteiger partial charge in [0.2, 0.25) is 0 Å². The van der Waals surface area contributed by atoms with Crippen LogP contribution in [0.15, 0.2) is 91.2 Å². The van der Waals surface area contributed by atoms with E-state index in [0.717, 1.165) is 28.5 Å². The monoisotopic (exact) mass is 521 g/mol. The van der Waals surface area contributed by atoms with Crippen molar-refractivity contribution in [2.24, 2.45) is 0 Å². The van der Waals surface area contributed by atoms with Crippen LogP contribution in [-0.2, 0) is 29.0 Å². The Bertz CT molecular complexity index is 1280. The number of aliphatic hydroxyl groups is 1. The van der Waals surface area contributed by atoms with Crippen molar-refractivity contribution in [2.45, 2.75) is 33.4 Å². The molecule has 202 valence electrons. The smallest absolute Gasteiger partial charge is 0.126 e. The predicted molar refractivity (Wildman–Crippen MR) is 150 cm³/mol. The normalized spacial score (nSPS) is 10.2. The second-order valence-corrected chi connectivity index (χ2v) is 8.89. The molecular weight excluding hydrogens is 484 g/mol. The van der Waals surface area contributed by atoms with Crippen LogP contribution in [-0.4, -0.2) is 31.0 Å². The van der Waals surface area contributed by atoms with Gasteiger partial charge < -0.3 is 19.1 Å². The number of benzene rings is 3. The largest absolute Gasteiger partial charge is 0.511 e. The van der Waals surface area contributed by atoms with Crippen LogP contribution in [0.4, 0.5) is 8.78 Å². The van der Waals surface area contributed by atoms with E-state index in [2.05, 4.69) is 30.4 Å². The summed E-state index contributed by atoms with van der Waals surface area (Å²) in [5.41, 5.74) is 6.48. The maximum absolute atomic E-state index is 13.8. The molecule has 0 bridgehead atoms. The van der Waals surface area contributed by atoms with E-state index >= 15 is 0 Å². The molecule has 1 N–H and O–H groups in total. The summed E-state index contributed by atoms with van der Waals surface area (Å²) in [6.07, 6.45) is 0.640. The topological polar surface area (TPSA) is 43.6 Å². The molecule has 0 radical (unpaired) electrons. The molecule has 4 rings (SSSR count). The number of allylic oxidation sites excluding steroid dienone is 1. The molecule has 0 atom stereocenters. The third-order valence-corrected chi connectivity index (χ3v) is 5.71. The number of halogens is 2. The van der Waals surface area contributed by atoms with Gasteiger partial charge in [0.25, 0.3) is 0 Å². The number of aryl methyl sites for hydroxylation is 1. The number of aromatic nitrogens is 1. The van der Waals surface area contributed by atoms with Gasteiger partial charge in [-0.25, -0.2) is 8.78 Å². The minimum Gasteiger partial charge on any atom is -0.511 e. The van der Waals surface area contributed by atoms with E-state index in [1.54, 1.807) is 21.3 Å². The number of nitrogens with zero attached hydrogens (tertiary/aromatic N) is 1. The van der Waals surface area contributed by atoms with Gasteiger partial charge in [-0.15, -0.1) is 0 Å². The molecule has 0 aliphatic heterocycles. The molecule has 6 heteroatoms. The molecule has 3 aromatic carbocycles. The van der Waals surface area contributed by atoms with Crippen molar-refractivity contribution in [3.63, 3.8) is 0 Å².